The van der Waals surface area contributed by atoms with Gasteiger partial charge in [0, 0.05) is 17.0 Å². The maximum atomic E-state index is 12.7. The van der Waals surface area contributed by atoms with Crippen LogP contribution in [0.5, 0.6) is 5.75 Å². The Morgan fingerprint density at radius 3 is 2.13 bits per heavy atom. The Bertz CT molecular complexity index is 999. The van der Waals surface area contributed by atoms with E-state index in [1.165, 1.54) is 14.2 Å². The third-order valence-corrected chi connectivity index (χ3v) is 4.91. The number of carbonyl (C=O) groups is 2. The number of dihydropyridines is 1. The number of hydrogen-bond acceptors (Lipinski definition) is 9. The molecule has 0 radical (unpaired) electrons. The minimum atomic E-state index is -0.737. The topological polar surface area (TPSA) is 113 Å². The first-order valence-corrected chi connectivity index (χ1v) is 9.24. The Labute approximate surface area is 173 Å². The largest absolute Gasteiger partial charge is 0.487 e. The van der Waals surface area contributed by atoms with Gasteiger partial charge in [-0.1, -0.05) is 28.5 Å². The second-order valence-corrected chi connectivity index (χ2v) is 6.74. The molecular formula is C21H23N3O6. The number of benzene rings is 1. The minimum absolute atomic E-state index is 0.115. The molecule has 0 amide bonds. The number of methoxy groups -OCH3 is 2. The van der Waals surface area contributed by atoms with E-state index in [0.717, 1.165) is 0 Å². The molecule has 0 unspecified atom stereocenters. The molecule has 3 rings (SSSR count). The predicted octanol–water partition coefficient (Wildman–Crippen LogP) is 2.54. The third-order valence-electron chi connectivity index (χ3n) is 4.91. The van der Waals surface area contributed by atoms with E-state index in [1.54, 1.807) is 39.0 Å². The van der Waals surface area contributed by atoms with E-state index < -0.39 is 17.9 Å². The highest BCUT2D eigenvalue weighted by Gasteiger charge is 2.39. The fraction of sp³-hybridized carbons (Fsp3) is 0.333. The van der Waals surface area contributed by atoms with Crippen LogP contribution in [0, 0.1) is 6.92 Å². The van der Waals surface area contributed by atoms with Gasteiger partial charge in [-0.25, -0.2) is 14.2 Å². The fourth-order valence-corrected chi connectivity index (χ4v) is 3.44. The predicted molar refractivity (Wildman–Crippen MR) is 105 cm³/mol. The lowest BCUT2D eigenvalue weighted by Gasteiger charge is -2.30. The lowest BCUT2D eigenvalue weighted by Crippen LogP contribution is -2.32. The fourth-order valence-electron chi connectivity index (χ4n) is 3.44. The van der Waals surface area contributed by atoms with Crippen LogP contribution in [-0.4, -0.2) is 36.5 Å². The molecule has 1 aromatic heterocycles. The molecule has 0 saturated carbocycles. The van der Waals surface area contributed by atoms with Gasteiger partial charge in [0.15, 0.2) is 0 Å². The molecule has 9 nitrogen and oxygen atoms in total. The number of nitrogens with zero attached hydrogens (tertiary/aromatic N) is 2. The first-order valence-electron chi connectivity index (χ1n) is 9.24. The maximum Gasteiger partial charge on any atom is 0.336 e. The van der Waals surface area contributed by atoms with Gasteiger partial charge in [0.25, 0.3) is 0 Å². The molecule has 158 valence electrons. The van der Waals surface area contributed by atoms with Gasteiger partial charge in [-0.15, -0.1) is 0 Å². The molecule has 0 bridgehead atoms. The number of rotatable bonds is 6. The first-order chi connectivity index (χ1) is 14.4. The summed E-state index contributed by atoms with van der Waals surface area (Å²) in [7, 11) is 2.59. The molecule has 0 aliphatic carbocycles. The summed E-state index contributed by atoms with van der Waals surface area (Å²) >= 11 is 0. The Hall–Kier alpha value is -3.62. The van der Waals surface area contributed by atoms with E-state index in [0.29, 0.717) is 45.2 Å². The summed E-state index contributed by atoms with van der Waals surface area (Å²) < 4.78 is 20.7. The number of ether oxygens (including phenoxy) is 3. The zero-order valence-electron chi connectivity index (χ0n) is 17.4. The smallest absolute Gasteiger partial charge is 0.336 e. The van der Waals surface area contributed by atoms with Gasteiger partial charge in [-0.2, -0.15) is 0 Å². The van der Waals surface area contributed by atoms with E-state index in [1.807, 2.05) is 6.07 Å². The van der Waals surface area contributed by atoms with Gasteiger partial charge < -0.3 is 19.5 Å². The third kappa shape index (κ3) is 3.91. The number of aromatic nitrogens is 2. The zero-order chi connectivity index (χ0) is 21.8. The number of nitrogens with one attached hydrogen (secondary N) is 1. The van der Waals surface area contributed by atoms with Gasteiger partial charge >= 0.3 is 11.9 Å². The van der Waals surface area contributed by atoms with Gasteiger partial charge in [0.2, 0.25) is 0 Å². The van der Waals surface area contributed by atoms with Crippen LogP contribution < -0.4 is 10.1 Å². The van der Waals surface area contributed by atoms with Crippen molar-refractivity contribution in [2.45, 2.75) is 33.3 Å². The van der Waals surface area contributed by atoms with Crippen molar-refractivity contribution in [2.75, 3.05) is 14.2 Å². The first kappa shape index (κ1) is 21.1. The number of esters is 2. The SMILES string of the molecule is COC(=O)C1=C(C)NC(C)=C(C(=O)OC)C1c1ccccc1OCc1nonc1C. The Kier molecular flexibility index (Phi) is 6.20. The second-order valence-electron chi connectivity index (χ2n) is 6.74. The number of allylic oxidation sites excluding steroid dienone is 2. The summed E-state index contributed by atoms with van der Waals surface area (Å²) in [5.74, 6) is -1.36. The molecule has 2 aromatic rings. The normalized spacial score (nSPS) is 14.4. The van der Waals surface area contributed by atoms with Crippen LogP contribution in [0.2, 0.25) is 0 Å². The molecule has 9 heteroatoms. The van der Waals surface area contributed by atoms with Crippen molar-refractivity contribution in [3.05, 3.63) is 63.8 Å². The van der Waals surface area contributed by atoms with Crippen LogP contribution in [0.25, 0.3) is 0 Å². The lowest BCUT2D eigenvalue weighted by atomic mass is 9.80. The summed E-state index contributed by atoms with van der Waals surface area (Å²) in [6.45, 7) is 5.38. The standard InChI is InChI=1S/C21H23N3O6/c1-11-15(24-30-23-11)10-29-16-9-7-6-8-14(16)19-17(20(25)27-4)12(2)22-13(3)18(19)21(26)28-5/h6-9,19,22H,10H2,1-5H3. The van der Waals surface area contributed by atoms with Gasteiger partial charge in [-0.3, -0.25) is 0 Å². The summed E-state index contributed by atoms with van der Waals surface area (Å²) in [5, 5.41) is 10.6. The summed E-state index contributed by atoms with van der Waals surface area (Å²) in [6, 6.07) is 7.17. The van der Waals surface area contributed by atoms with Crippen LogP contribution in [0.15, 0.2) is 51.4 Å². The molecule has 1 aliphatic rings. The highest BCUT2D eigenvalue weighted by molar-refractivity contribution is 6.00. The van der Waals surface area contributed by atoms with Crippen molar-refractivity contribution in [2.24, 2.45) is 0 Å². The van der Waals surface area contributed by atoms with Gasteiger partial charge in [0.1, 0.15) is 23.7 Å². The van der Waals surface area contributed by atoms with E-state index in [4.69, 9.17) is 18.8 Å². The molecule has 1 N–H and O–H groups in total. The molecule has 2 heterocycles. The van der Waals surface area contributed by atoms with Crippen molar-refractivity contribution >= 4 is 11.9 Å². The second kappa shape index (κ2) is 8.81. The average molecular weight is 413 g/mol. The maximum absolute atomic E-state index is 12.7. The quantitative estimate of drug-likeness (QED) is 0.714. The van der Waals surface area contributed by atoms with Crippen molar-refractivity contribution < 1.29 is 28.4 Å². The van der Waals surface area contributed by atoms with Crippen LogP contribution in [0.4, 0.5) is 0 Å². The number of carbonyl (C=O) groups excluding carboxylic acids is 2. The van der Waals surface area contributed by atoms with Gasteiger partial charge in [0.05, 0.1) is 31.3 Å². The molecule has 0 fully saturated rings. The summed E-state index contributed by atoms with van der Waals surface area (Å²) in [5.41, 5.74) is 3.57. The highest BCUT2D eigenvalue weighted by Crippen LogP contribution is 2.42. The molecule has 1 aromatic carbocycles. The zero-order valence-corrected chi connectivity index (χ0v) is 17.4. The molecular weight excluding hydrogens is 390 g/mol. The summed E-state index contributed by atoms with van der Waals surface area (Å²) in [4.78, 5) is 25.3. The van der Waals surface area contributed by atoms with E-state index in [9.17, 15) is 9.59 Å². The molecule has 0 spiro atoms. The van der Waals surface area contributed by atoms with Crippen LogP contribution in [0.1, 0.15) is 36.7 Å². The Balaban J connectivity index is 2.11. The molecule has 0 saturated heterocycles. The van der Waals surface area contributed by atoms with Crippen LogP contribution >= 0.6 is 0 Å². The lowest BCUT2D eigenvalue weighted by molar-refractivity contribution is -0.137. The van der Waals surface area contributed by atoms with E-state index >= 15 is 0 Å². The Morgan fingerprint density at radius 2 is 1.60 bits per heavy atom. The summed E-state index contributed by atoms with van der Waals surface area (Å²) in [6.07, 6.45) is 0. The van der Waals surface area contributed by atoms with E-state index in [2.05, 4.69) is 15.6 Å². The average Bonchev–Trinajstić information content (AvgIpc) is 3.15. The van der Waals surface area contributed by atoms with Crippen molar-refractivity contribution in [3.63, 3.8) is 0 Å². The highest BCUT2D eigenvalue weighted by atomic mass is 16.6. The monoisotopic (exact) mass is 413 g/mol. The number of aryl methyl sites for hydroxylation is 1. The van der Waals surface area contributed by atoms with E-state index in [-0.39, 0.29) is 6.61 Å². The van der Waals surface area contributed by atoms with Crippen molar-refractivity contribution in [1.29, 1.82) is 0 Å². The Morgan fingerprint density at radius 1 is 1.00 bits per heavy atom. The number of hydrogen-bond donors (Lipinski definition) is 1. The van der Waals surface area contributed by atoms with Crippen LogP contribution in [0.3, 0.4) is 0 Å². The molecule has 0 atom stereocenters. The van der Waals surface area contributed by atoms with Crippen LogP contribution in [-0.2, 0) is 25.7 Å². The van der Waals surface area contributed by atoms with Crippen molar-refractivity contribution in [1.82, 2.24) is 15.6 Å². The molecule has 1 aliphatic heterocycles. The van der Waals surface area contributed by atoms with Gasteiger partial charge in [-0.05, 0) is 26.8 Å². The minimum Gasteiger partial charge on any atom is -0.487 e. The van der Waals surface area contributed by atoms with Crippen molar-refractivity contribution in [3.8, 4) is 5.75 Å². The molecule has 30 heavy (non-hydrogen) atoms. The number of para-hydroxylation sites is 1.